The van der Waals surface area contributed by atoms with Crippen molar-refractivity contribution in [2.24, 2.45) is 5.92 Å². The van der Waals surface area contributed by atoms with Crippen LogP contribution in [0.4, 0.5) is 5.82 Å². The molecular weight excluding hydrogens is 326 g/mol. The van der Waals surface area contributed by atoms with Crippen LogP contribution in [0.1, 0.15) is 44.6 Å². The van der Waals surface area contributed by atoms with Crippen molar-refractivity contribution in [3.8, 4) is 11.3 Å². The SMILES string of the molecule is CCn1cc(-c2cc(C)nc(C3CC3C)n2)c2cc(NC(C)=O)ncc21. The minimum absolute atomic E-state index is 0.129. The summed E-state index contributed by atoms with van der Waals surface area (Å²) >= 11 is 0. The van der Waals surface area contributed by atoms with Crippen molar-refractivity contribution in [1.29, 1.82) is 0 Å². The first-order chi connectivity index (χ1) is 12.5. The molecule has 1 aliphatic rings. The molecule has 3 heterocycles. The first-order valence-corrected chi connectivity index (χ1v) is 9.08. The molecule has 3 aromatic rings. The summed E-state index contributed by atoms with van der Waals surface area (Å²) in [5.41, 5.74) is 4.01. The molecule has 0 radical (unpaired) electrons. The number of anilines is 1. The maximum Gasteiger partial charge on any atom is 0.222 e. The average Bonchev–Trinajstić information content (AvgIpc) is 3.21. The monoisotopic (exact) mass is 349 g/mol. The van der Waals surface area contributed by atoms with Crippen molar-refractivity contribution in [2.45, 2.75) is 46.6 Å². The Balaban J connectivity index is 1.87. The number of aryl methyl sites for hydroxylation is 2. The van der Waals surface area contributed by atoms with E-state index in [1.54, 1.807) is 0 Å². The number of hydrogen-bond donors (Lipinski definition) is 1. The molecule has 1 saturated carbocycles. The van der Waals surface area contributed by atoms with E-state index in [1.165, 1.54) is 6.92 Å². The fourth-order valence-electron chi connectivity index (χ4n) is 3.48. The summed E-state index contributed by atoms with van der Waals surface area (Å²) in [5.74, 6) is 2.51. The Labute approximate surface area is 152 Å². The average molecular weight is 349 g/mol. The fourth-order valence-corrected chi connectivity index (χ4v) is 3.48. The van der Waals surface area contributed by atoms with Gasteiger partial charge in [0.25, 0.3) is 0 Å². The lowest BCUT2D eigenvalue weighted by Gasteiger charge is -2.06. The number of carbonyl (C=O) groups excluding carboxylic acids is 1. The maximum absolute atomic E-state index is 11.4. The summed E-state index contributed by atoms with van der Waals surface area (Å²) < 4.78 is 2.16. The minimum atomic E-state index is -0.129. The number of fused-ring (bicyclic) bond motifs is 1. The molecule has 26 heavy (non-hydrogen) atoms. The molecule has 0 bridgehead atoms. The predicted octanol–water partition coefficient (Wildman–Crippen LogP) is 3.90. The van der Waals surface area contributed by atoms with Gasteiger partial charge in [-0.05, 0) is 38.3 Å². The predicted molar refractivity (Wildman–Crippen MR) is 102 cm³/mol. The van der Waals surface area contributed by atoms with E-state index in [1.807, 2.05) is 25.3 Å². The number of nitrogens with one attached hydrogen (secondary N) is 1. The third-order valence-electron chi connectivity index (χ3n) is 5.00. The smallest absolute Gasteiger partial charge is 0.222 e. The lowest BCUT2D eigenvalue weighted by Crippen LogP contribution is -2.07. The van der Waals surface area contributed by atoms with Crippen LogP contribution in [0, 0.1) is 12.8 Å². The highest BCUT2D eigenvalue weighted by molar-refractivity contribution is 5.98. The van der Waals surface area contributed by atoms with Gasteiger partial charge in [-0.1, -0.05) is 6.92 Å². The number of hydrogen-bond acceptors (Lipinski definition) is 4. The summed E-state index contributed by atoms with van der Waals surface area (Å²) in [6.45, 7) is 8.69. The van der Waals surface area contributed by atoms with Crippen molar-refractivity contribution in [2.75, 3.05) is 5.32 Å². The van der Waals surface area contributed by atoms with Crippen LogP contribution in [0.25, 0.3) is 22.2 Å². The summed E-state index contributed by atoms with van der Waals surface area (Å²) in [7, 11) is 0. The van der Waals surface area contributed by atoms with Crippen molar-refractivity contribution in [3.05, 3.63) is 36.0 Å². The summed E-state index contributed by atoms with van der Waals surface area (Å²) in [5, 5.41) is 3.81. The van der Waals surface area contributed by atoms with Gasteiger partial charge < -0.3 is 9.88 Å². The van der Waals surface area contributed by atoms with Gasteiger partial charge in [-0.2, -0.15) is 0 Å². The largest absolute Gasteiger partial charge is 0.346 e. The molecule has 1 amide bonds. The summed E-state index contributed by atoms with van der Waals surface area (Å²) in [4.78, 5) is 25.3. The summed E-state index contributed by atoms with van der Waals surface area (Å²) in [6, 6.07) is 3.96. The molecule has 3 aromatic heterocycles. The second-order valence-corrected chi connectivity index (χ2v) is 7.17. The second-order valence-electron chi connectivity index (χ2n) is 7.17. The standard InChI is InChI=1S/C20H23N5O/c1-5-25-10-16(15-8-19(23-13(4)26)21-9-18(15)25)17-7-12(3)22-20(24-17)14-6-11(14)2/h7-11,14H,5-6H2,1-4H3,(H,21,23,26). The quantitative estimate of drug-likeness (QED) is 0.775. The van der Waals surface area contributed by atoms with Crippen LogP contribution in [0.3, 0.4) is 0 Å². The van der Waals surface area contributed by atoms with E-state index >= 15 is 0 Å². The second kappa shape index (κ2) is 6.20. The van der Waals surface area contributed by atoms with Crippen molar-refractivity contribution < 1.29 is 4.79 Å². The summed E-state index contributed by atoms with van der Waals surface area (Å²) in [6.07, 6.45) is 5.09. The van der Waals surface area contributed by atoms with E-state index in [2.05, 4.69) is 39.9 Å². The van der Waals surface area contributed by atoms with Gasteiger partial charge in [0.2, 0.25) is 5.91 Å². The molecule has 4 rings (SSSR count). The van der Waals surface area contributed by atoms with Crippen molar-refractivity contribution in [3.63, 3.8) is 0 Å². The van der Waals surface area contributed by atoms with Crippen LogP contribution in [-0.4, -0.2) is 25.4 Å². The van der Waals surface area contributed by atoms with Crippen LogP contribution in [0.5, 0.6) is 0 Å². The molecule has 6 heteroatoms. The molecule has 0 aliphatic heterocycles. The lowest BCUT2D eigenvalue weighted by atomic mass is 10.1. The Morgan fingerprint density at radius 3 is 2.77 bits per heavy atom. The van der Waals surface area contributed by atoms with Gasteiger partial charge in [0.15, 0.2) is 0 Å². The maximum atomic E-state index is 11.4. The Hall–Kier alpha value is -2.76. The van der Waals surface area contributed by atoms with Crippen LogP contribution >= 0.6 is 0 Å². The Bertz CT molecular complexity index is 1010. The molecule has 1 fully saturated rings. The molecule has 134 valence electrons. The third kappa shape index (κ3) is 2.96. The molecule has 0 saturated heterocycles. The highest BCUT2D eigenvalue weighted by Crippen LogP contribution is 2.46. The molecule has 1 aliphatic carbocycles. The Morgan fingerprint density at radius 1 is 1.35 bits per heavy atom. The van der Waals surface area contributed by atoms with Gasteiger partial charge in [-0.25, -0.2) is 15.0 Å². The minimum Gasteiger partial charge on any atom is -0.346 e. The zero-order chi connectivity index (χ0) is 18.4. The number of nitrogens with zero attached hydrogens (tertiary/aromatic N) is 4. The molecule has 2 unspecified atom stereocenters. The van der Waals surface area contributed by atoms with E-state index in [9.17, 15) is 4.79 Å². The van der Waals surface area contributed by atoms with E-state index in [0.717, 1.165) is 46.6 Å². The molecule has 6 nitrogen and oxygen atoms in total. The van der Waals surface area contributed by atoms with E-state index in [0.29, 0.717) is 17.7 Å². The molecule has 2 atom stereocenters. The normalized spacial score (nSPS) is 18.9. The fraction of sp³-hybridized carbons (Fsp3) is 0.400. The van der Waals surface area contributed by atoms with Crippen LogP contribution in [0.2, 0.25) is 0 Å². The van der Waals surface area contributed by atoms with Gasteiger partial charge in [0, 0.05) is 42.2 Å². The van der Waals surface area contributed by atoms with Crippen molar-refractivity contribution in [1.82, 2.24) is 19.5 Å². The molecule has 1 N–H and O–H groups in total. The number of amides is 1. The topological polar surface area (TPSA) is 72.7 Å². The lowest BCUT2D eigenvalue weighted by molar-refractivity contribution is -0.114. The van der Waals surface area contributed by atoms with E-state index < -0.39 is 0 Å². The number of carbonyl (C=O) groups is 1. The number of rotatable bonds is 4. The molecule has 0 spiro atoms. The van der Waals surface area contributed by atoms with Gasteiger partial charge >= 0.3 is 0 Å². The first kappa shape index (κ1) is 16.7. The van der Waals surface area contributed by atoms with Gasteiger partial charge in [0.05, 0.1) is 17.4 Å². The number of aromatic nitrogens is 4. The zero-order valence-corrected chi connectivity index (χ0v) is 15.6. The Morgan fingerprint density at radius 2 is 2.12 bits per heavy atom. The highest BCUT2D eigenvalue weighted by atomic mass is 16.1. The van der Waals surface area contributed by atoms with Crippen LogP contribution in [-0.2, 0) is 11.3 Å². The zero-order valence-electron chi connectivity index (χ0n) is 15.6. The highest BCUT2D eigenvalue weighted by Gasteiger charge is 2.37. The van der Waals surface area contributed by atoms with Gasteiger partial charge in [-0.15, -0.1) is 0 Å². The van der Waals surface area contributed by atoms with E-state index in [4.69, 9.17) is 4.98 Å². The molecule has 0 aromatic carbocycles. The van der Waals surface area contributed by atoms with Gasteiger partial charge in [-0.3, -0.25) is 4.79 Å². The third-order valence-corrected chi connectivity index (χ3v) is 5.00. The van der Waals surface area contributed by atoms with Crippen LogP contribution in [0.15, 0.2) is 24.5 Å². The number of pyridine rings is 1. The van der Waals surface area contributed by atoms with Crippen molar-refractivity contribution >= 4 is 22.6 Å². The van der Waals surface area contributed by atoms with E-state index in [-0.39, 0.29) is 5.91 Å². The molecular formula is C20H23N5O. The van der Waals surface area contributed by atoms with Crippen LogP contribution < -0.4 is 5.32 Å². The first-order valence-electron chi connectivity index (χ1n) is 9.08. The Kier molecular flexibility index (Phi) is 3.98. The van der Waals surface area contributed by atoms with Gasteiger partial charge in [0.1, 0.15) is 11.6 Å².